The predicted molar refractivity (Wildman–Crippen MR) is 74.9 cm³/mol. The molecule has 17 heavy (non-hydrogen) atoms. The summed E-state index contributed by atoms with van der Waals surface area (Å²) in [6.45, 7) is 4.48. The highest BCUT2D eigenvalue weighted by molar-refractivity contribution is 7.12. The molecule has 0 aliphatic heterocycles. The maximum atomic E-state index is 5.82. The summed E-state index contributed by atoms with van der Waals surface area (Å²) in [5.41, 5.74) is 3.08. The van der Waals surface area contributed by atoms with Gasteiger partial charge in [-0.05, 0) is 37.3 Å². The normalized spacial score (nSPS) is 27.0. The van der Waals surface area contributed by atoms with Crippen LogP contribution in [0.1, 0.15) is 54.8 Å². The number of hydrogen-bond acceptors (Lipinski definition) is 3. The summed E-state index contributed by atoms with van der Waals surface area (Å²) in [5.74, 6) is 7.38. The number of thiophene rings is 1. The molecule has 0 radical (unpaired) electrons. The van der Waals surface area contributed by atoms with Crippen LogP contribution in [0.3, 0.4) is 0 Å². The summed E-state index contributed by atoms with van der Waals surface area (Å²) in [7, 11) is 0. The summed E-state index contributed by atoms with van der Waals surface area (Å²) < 4.78 is 0. The summed E-state index contributed by atoms with van der Waals surface area (Å²) >= 11 is 1.88. The first kappa shape index (κ1) is 13.1. The fourth-order valence-electron chi connectivity index (χ4n) is 3.22. The molecule has 2 nitrogen and oxygen atoms in total. The molecule has 0 saturated heterocycles. The second kappa shape index (κ2) is 5.98. The van der Waals surface area contributed by atoms with Crippen molar-refractivity contribution in [2.24, 2.45) is 17.7 Å². The largest absolute Gasteiger partial charge is 0.271 e. The van der Waals surface area contributed by atoms with Crippen molar-refractivity contribution in [3.63, 3.8) is 0 Å². The van der Waals surface area contributed by atoms with E-state index in [9.17, 15) is 0 Å². The first-order valence-electron chi connectivity index (χ1n) is 6.78. The molecule has 1 aromatic rings. The molecule has 1 aromatic heterocycles. The zero-order valence-electron chi connectivity index (χ0n) is 10.9. The van der Waals surface area contributed by atoms with E-state index in [1.54, 1.807) is 0 Å². The van der Waals surface area contributed by atoms with Gasteiger partial charge in [-0.25, -0.2) is 0 Å². The van der Waals surface area contributed by atoms with Crippen LogP contribution in [0.25, 0.3) is 0 Å². The SMILES string of the molecule is CCC1CCCCC1C(NN)c1ccc(C)s1. The fourth-order valence-corrected chi connectivity index (χ4v) is 4.23. The van der Waals surface area contributed by atoms with Gasteiger partial charge in [0.15, 0.2) is 0 Å². The Morgan fingerprint density at radius 2 is 2.18 bits per heavy atom. The maximum Gasteiger partial charge on any atom is 0.0584 e. The molecule has 0 bridgehead atoms. The van der Waals surface area contributed by atoms with E-state index >= 15 is 0 Å². The van der Waals surface area contributed by atoms with Crippen molar-refractivity contribution in [2.75, 3.05) is 0 Å². The molecule has 1 fully saturated rings. The number of aryl methyl sites for hydroxylation is 1. The molecule has 3 heteroatoms. The number of hydrogen-bond donors (Lipinski definition) is 2. The van der Waals surface area contributed by atoms with Crippen LogP contribution in [0, 0.1) is 18.8 Å². The Morgan fingerprint density at radius 3 is 2.76 bits per heavy atom. The van der Waals surface area contributed by atoms with Gasteiger partial charge in [0.05, 0.1) is 6.04 Å². The molecule has 1 aliphatic carbocycles. The van der Waals surface area contributed by atoms with Crippen molar-refractivity contribution >= 4 is 11.3 Å². The lowest BCUT2D eigenvalue weighted by Crippen LogP contribution is -2.37. The van der Waals surface area contributed by atoms with E-state index in [4.69, 9.17) is 5.84 Å². The van der Waals surface area contributed by atoms with Crippen LogP contribution in [-0.4, -0.2) is 0 Å². The minimum atomic E-state index is 0.360. The Labute approximate surface area is 109 Å². The first-order chi connectivity index (χ1) is 8.26. The van der Waals surface area contributed by atoms with Crippen molar-refractivity contribution in [1.29, 1.82) is 0 Å². The molecular weight excluding hydrogens is 228 g/mol. The molecule has 3 unspecified atom stereocenters. The first-order valence-corrected chi connectivity index (χ1v) is 7.60. The maximum absolute atomic E-state index is 5.82. The number of rotatable bonds is 4. The van der Waals surface area contributed by atoms with Crippen LogP contribution in [0.4, 0.5) is 0 Å². The van der Waals surface area contributed by atoms with E-state index in [1.165, 1.54) is 41.9 Å². The second-order valence-corrected chi connectivity index (χ2v) is 6.53. The minimum Gasteiger partial charge on any atom is -0.271 e. The van der Waals surface area contributed by atoms with E-state index in [0.29, 0.717) is 6.04 Å². The van der Waals surface area contributed by atoms with Gasteiger partial charge in [-0.2, -0.15) is 0 Å². The number of hydrazine groups is 1. The Balaban J connectivity index is 2.16. The van der Waals surface area contributed by atoms with Gasteiger partial charge < -0.3 is 0 Å². The summed E-state index contributed by atoms with van der Waals surface area (Å²) in [4.78, 5) is 2.79. The lowest BCUT2D eigenvalue weighted by molar-refractivity contribution is 0.178. The molecule has 0 aromatic carbocycles. The average Bonchev–Trinajstić information content (AvgIpc) is 2.77. The molecule has 1 aliphatic rings. The molecule has 3 N–H and O–H groups in total. The molecule has 1 saturated carbocycles. The quantitative estimate of drug-likeness (QED) is 0.632. The fraction of sp³-hybridized carbons (Fsp3) is 0.714. The molecular formula is C14H24N2S. The smallest absolute Gasteiger partial charge is 0.0584 e. The lowest BCUT2D eigenvalue weighted by Gasteiger charge is -2.36. The second-order valence-electron chi connectivity index (χ2n) is 5.21. The van der Waals surface area contributed by atoms with E-state index in [0.717, 1.165) is 11.8 Å². The minimum absolute atomic E-state index is 0.360. The van der Waals surface area contributed by atoms with Crippen LogP contribution in [-0.2, 0) is 0 Å². The third-order valence-corrected chi connectivity index (χ3v) is 5.25. The highest BCUT2D eigenvalue weighted by Gasteiger charge is 2.31. The Kier molecular flexibility index (Phi) is 4.60. The summed E-state index contributed by atoms with van der Waals surface area (Å²) in [6, 6.07) is 4.80. The van der Waals surface area contributed by atoms with E-state index in [-0.39, 0.29) is 0 Å². The molecule has 96 valence electrons. The van der Waals surface area contributed by atoms with Crippen LogP contribution in [0.2, 0.25) is 0 Å². The average molecular weight is 252 g/mol. The molecule has 2 rings (SSSR count). The zero-order valence-corrected chi connectivity index (χ0v) is 11.7. The highest BCUT2D eigenvalue weighted by atomic mass is 32.1. The third-order valence-electron chi connectivity index (χ3n) is 4.17. The van der Waals surface area contributed by atoms with Crippen molar-refractivity contribution in [1.82, 2.24) is 5.43 Å². The lowest BCUT2D eigenvalue weighted by atomic mass is 9.74. The Bertz CT molecular complexity index is 348. The molecule has 1 heterocycles. The number of nitrogens with two attached hydrogens (primary N) is 1. The van der Waals surface area contributed by atoms with E-state index < -0.39 is 0 Å². The van der Waals surface area contributed by atoms with Gasteiger partial charge in [0, 0.05) is 9.75 Å². The zero-order chi connectivity index (χ0) is 12.3. The number of nitrogens with one attached hydrogen (secondary N) is 1. The molecule has 0 spiro atoms. The highest BCUT2D eigenvalue weighted by Crippen LogP contribution is 2.41. The van der Waals surface area contributed by atoms with Gasteiger partial charge in [0.25, 0.3) is 0 Å². The van der Waals surface area contributed by atoms with Crippen LogP contribution < -0.4 is 11.3 Å². The molecule has 0 amide bonds. The van der Waals surface area contributed by atoms with Gasteiger partial charge in [-0.1, -0.05) is 32.6 Å². The van der Waals surface area contributed by atoms with Crippen molar-refractivity contribution < 1.29 is 0 Å². The van der Waals surface area contributed by atoms with Crippen LogP contribution in [0.5, 0.6) is 0 Å². The Morgan fingerprint density at radius 1 is 1.41 bits per heavy atom. The topological polar surface area (TPSA) is 38.0 Å². The standard InChI is InChI=1S/C14H24N2S/c1-3-11-6-4-5-7-12(11)14(16-15)13-9-8-10(2)17-13/h8-9,11-12,14,16H,3-7,15H2,1-2H3. The van der Waals surface area contributed by atoms with Crippen molar-refractivity contribution in [3.05, 3.63) is 21.9 Å². The monoisotopic (exact) mass is 252 g/mol. The summed E-state index contributed by atoms with van der Waals surface area (Å²) in [5, 5.41) is 0. The summed E-state index contributed by atoms with van der Waals surface area (Å²) in [6.07, 6.45) is 6.75. The van der Waals surface area contributed by atoms with E-state index in [2.05, 4.69) is 31.4 Å². The van der Waals surface area contributed by atoms with Crippen LogP contribution in [0.15, 0.2) is 12.1 Å². The predicted octanol–water partition coefficient (Wildman–Crippen LogP) is 3.78. The van der Waals surface area contributed by atoms with E-state index in [1.807, 2.05) is 11.3 Å². The van der Waals surface area contributed by atoms with Crippen molar-refractivity contribution in [2.45, 2.75) is 52.0 Å². The van der Waals surface area contributed by atoms with Gasteiger partial charge in [-0.3, -0.25) is 11.3 Å². The van der Waals surface area contributed by atoms with Crippen LogP contribution >= 0.6 is 11.3 Å². The van der Waals surface area contributed by atoms with Gasteiger partial charge >= 0.3 is 0 Å². The third kappa shape index (κ3) is 2.90. The Hall–Kier alpha value is -0.380. The van der Waals surface area contributed by atoms with Gasteiger partial charge in [0.2, 0.25) is 0 Å². The van der Waals surface area contributed by atoms with Gasteiger partial charge in [0.1, 0.15) is 0 Å². The molecule has 3 atom stereocenters. The van der Waals surface area contributed by atoms with Gasteiger partial charge in [-0.15, -0.1) is 11.3 Å². The van der Waals surface area contributed by atoms with Crippen molar-refractivity contribution in [3.8, 4) is 0 Å².